The molecule has 0 radical (unpaired) electrons. The average Bonchev–Trinajstić information content (AvgIpc) is 2.47. The molecule has 2 fully saturated rings. The van der Waals surface area contributed by atoms with Gasteiger partial charge in [-0.2, -0.15) is 0 Å². The molecule has 1 aromatic heterocycles. The van der Waals surface area contributed by atoms with Gasteiger partial charge in [-0.3, -0.25) is 4.98 Å². The molecule has 2 aliphatic rings. The first-order chi connectivity index (χ1) is 10.1. The Morgan fingerprint density at radius 1 is 1.19 bits per heavy atom. The fourth-order valence-corrected chi connectivity index (χ4v) is 4.28. The molecule has 0 atom stereocenters. The number of nitrogens with one attached hydrogen (secondary N) is 1. The van der Waals surface area contributed by atoms with Crippen molar-refractivity contribution < 1.29 is 4.74 Å². The zero-order valence-corrected chi connectivity index (χ0v) is 13.4. The summed E-state index contributed by atoms with van der Waals surface area (Å²) in [5.41, 5.74) is 2.32. The third kappa shape index (κ3) is 3.14. The summed E-state index contributed by atoms with van der Waals surface area (Å²) < 4.78 is 5.56. The zero-order chi connectivity index (χ0) is 14.8. The Bertz CT molecular complexity index is 444. The van der Waals surface area contributed by atoms with Crippen LogP contribution < -0.4 is 5.32 Å². The summed E-state index contributed by atoms with van der Waals surface area (Å²) in [7, 11) is 0. The minimum Gasteiger partial charge on any atom is -0.381 e. The maximum Gasteiger partial charge on any atom is 0.0471 e. The van der Waals surface area contributed by atoms with Gasteiger partial charge in [-0.15, -0.1) is 0 Å². The summed E-state index contributed by atoms with van der Waals surface area (Å²) in [4.78, 5) is 4.19. The van der Waals surface area contributed by atoms with Crippen molar-refractivity contribution in [2.75, 3.05) is 26.3 Å². The van der Waals surface area contributed by atoms with Crippen molar-refractivity contribution >= 4 is 0 Å². The van der Waals surface area contributed by atoms with Crippen molar-refractivity contribution in [2.24, 2.45) is 11.3 Å². The summed E-state index contributed by atoms with van der Waals surface area (Å²) in [6, 6.07) is 4.42. The number of ether oxygens (including phenoxy) is 1. The second-order valence-electron chi connectivity index (χ2n) is 7.51. The molecule has 1 aliphatic carbocycles. The van der Waals surface area contributed by atoms with Crippen LogP contribution in [-0.4, -0.2) is 31.3 Å². The summed E-state index contributed by atoms with van der Waals surface area (Å²) in [5.74, 6) is 0.705. The number of rotatable bonds is 5. The standard InChI is InChI=1S/C18H28N2O/c1-15(2)11-20-14-18(16-3-7-19-8-4-16)12-17(13-18)5-9-21-10-6-17/h3-4,7-8,15,20H,5-6,9-14H2,1-2H3. The maximum atomic E-state index is 5.56. The van der Waals surface area contributed by atoms with Crippen LogP contribution in [0, 0.1) is 11.3 Å². The van der Waals surface area contributed by atoms with Crippen LogP contribution in [-0.2, 0) is 10.2 Å². The minimum absolute atomic E-state index is 0.315. The highest BCUT2D eigenvalue weighted by atomic mass is 16.5. The van der Waals surface area contributed by atoms with Crippen molar-refractivity contribution in [3.05, 3.63) is 30.1 Å². The van der Waals surface area contributed by atoms with E-state index in [4.69, 9.17) is 4.74 Å². The Hall–Kier alpha value is -0.930. The molecular formula is C18H28N2O. The molecule has 3 rings (SSSR count). The van der Waals surface area contributed by atoms with E-state index in [1.807, 2.05) is 12.4 Å². The van der Waals surface area contributed by atoms with Gasteiger partial charge in [0.2, 0.25) is 0 Å². The minimum atomic E-state index is 0.315. The van der Waals surface area contributed by atoms with E-state index in [1.165, 1.54) is 31.2 Å². The van der Waals surface area contributed by atoms with Crippen LogP contribution in [0.5, 0.6) is 0 Å². The molecule has 3 heteroatoms. The van der Waals surface area contributed by atoms with Crippen LogP contribution in [0.15, 0.2) is 24.5 Å². The van der Waals surface area contributed by atoms with E-state index in [2.05, 4.69) is 36.3 Å². The van der Waals surface area contributed by atoms with Crippen molar-refractivity contribution in [2.45, 2.75) is 44.9 Å². The second kappa shape index (κ2) is 6.05. The van der Waals surface area contributed by atoms with E-state index in [-0.39, 0.29) is 0 Å². The van der Waals surface area contributed by atoms with Gasteiger partial charge < -0.3 is 10.1 Å². The van der Waals surface area contributed by atoms with E-state index in [0.29, 0.717) is 16.7 Å². The van der Waals surface area contributed by atoms with Gasteiger partial charge in [-0.05, 0) is 61.3 Å². The van der Waals surface area contributed by atoms with Gasteiger partial charge >= 0.3 is 0 Å². The third-order valence-corrected chi connectivity index (χ3v) is 5.29. The molecule has 1 aliphatic heterocycles. The number of hydrogen-bond acceptors (Lipinski definition) is 3. The summed E-state index contributed by atoms with van der Waals surface area (Å²) in [6.45, 7) is 8.64. The molecule has 1 spiro atoms. The fraction of sp³-hybridized carbons (Fsp3) is 0.722. The molecule has 1 aromatic rings. The molecule has 1 N–H and O–H groups in total. The summed E-state index contributed by atoms with van der Waals surface area (Å²) >= 11 is 0. The first kappa shape index (κ1) is 15.0. The topological polar surface area (TPSA) is 34.2 Å². The van der Waals surface area contributed by atoms with Gasteiger partial charge in [0.1, 0.15) is 0 Å². The van der Waals surface area contributed by atoms with Crippen molar-refractivity contribution in [1.29, 1.82) is 0 Å². The van der Waals surface area contributed by atoms with E-state index >= 15 is 0 Å². The van der Waals surface area contributed by atoms with E-state index in [0.717, 1.165) is 26.3 Å². The quantitative estimate of drug-likeness (QED) is 0.903. The van der Waals surface area contributed by atoms with Gasteiger partial charge in [0, 0.05) is 37.6 Å². The normalized spacial score (nSPS) is 23.2. The number of pyridine rings is 1. The van der Waals surface area contributed by atoms with Crippen LogP contribution in [0.4, 0.5) is 0 Å². The van der Waals surface area contributed by atoms with Crippen LogP contribution in [0.1, 0.15) is 45.1 Å². The monoisotopic (exact) mass is 288 g/mol. The molecule has 21 heavy (non-hydrogen) atoms. The van der Waals surface area contributed by atoms with E-state index in [9.17, 15) is 0 Å². The first-order valence-corrected chi connectivity index (χ1v) is 8.33. The predicted octanol–water partition coefficient (Wildman–Crippen LogP) is 3.16. The second-order valence-corrected chi connectivity index (χ2v) is 7.51. The van der Waals surface area contributed by atoms with Crippen LogP contribution in [0.2, 0.25) is 0 Å². The van der Waals surface area contributed by atoms with E-state index < -0.39 is 0 Å². The van der Waals surface area contributed by atoms with Gasteiger partial charge in [0.05, 0.1) is 0 Å². The Morgan fingerprint density at radius 3 is 2.48 bits per heavy atom. The SMILES string of the molecule is CC(C)CNCC1(c2ccncc2)CC2(CCOCC2)C1. The highest BCUT2D eigenvalue weighted by Gasteiger charge is 2.54. The lowest BCUT2D eigenvalue weighted by Gasteiger charge is -2.58. The lowest BCUT2D eigenvalue weighted by Crippen LogP contribution is -2.56. The van der Waals surface area contributed by atoms with Crippen LogP contribution >= 0.6 is 0 Å². The molecule has 0 aromatic carbocycles. The highest BCUT2D eigenvalue weighted by Crippen LogP contribution is 2.59. The number of aromatic nitrogens is 1. The molecule has 0 amide bonds. The van der Waals surface area contributed by atoms with Gasteiger partial charge in [-0.1, -0.05) is 13.8 Å². The Morgan fingerprint density at radius 2 is 1.86 bits per heavy atom. The van der Waals surface area contributed by atoms with E-state index in [1.54, 1.807) is 0 Å². The molecule has 2 heterocycles. The Balaban J connectivity index is 1.71. The fourth-order valence-electron chi connectivity index (χ4n) is 4.28. The third-order valence-electron chi connectivity index (χ3n) is 5.29. The van der Waals surface area contributed by atoms with Crippen molar-refractivity contribution in [1.82, 2.24) is 10.3 Å². The largest absolute Gasteiger partial charge is 0.381 e. The van der Waals surface area contributed by atoms with Crippen LogP contribution in [0.25, 0.3) is 0 Å². The van der Waals surface area contributed by atoms with Gasteiger partial charge in [-0.25, -0.2) is 0 Å². The van der Waals surface area contributed by atoms with Gasteiger partial charge in [0.15, 0.2) is 0 Å². The summed E-state index contributed by atoms with van der Waals surface area (Å²) in [5, 5.41) is 3.70. The smallest absolute Gasteiger partial charge is 0.0471 e. The lowest BCUT2D eigenvalue weighted by molar-refractivity contribution is -0.0738. The Kier molecular flexibility index (Phi) is 4.32. The molecule has 0 unspecified atom stereocenters. The van der Waals surface area contributed by atoms with Gasteiger partial charge in [0.25, 0.3) is 0 Å². The van der Waals surface area contributed by atoms with Crippen molar-refractivity contribution in [3.63, 3.8) is 0 Å². The number of nitrogens with zero attached hydrogens (tertiary/aromatic N) is 1. The first-order valence-electron chi connectivity index (χ1n) is 8.33. The number of hydrogen-bond donors (Lipinski definition) is 1. The van der Waals surface area contributed by atoms with Crippen molar-refractivity contribution in [3.8, 4) is 0 Å². The molecule has 116 valence electrons. The molecule has 1 saturated heterocycles. The lowest BCUT2D eigenvalue weighted by atomic mass is 9.48. The predicted molar refractivity (Wildman–Crippen MR) is 85.3 cm³/mol. The molecule has 1 saturated carbocycles. The summed E-state index contributed by atoms with van der Waals surface area (Å²) in [6.07, 6.45) is 8.97. The average molecular weight is 288 g/mol. The highest BCUT2D eigenvalue weighted by molar-refractivity contribution is 5.30. The maximum absolute atomic E-state index is 5.56. The molecule has 0 bridgehead atoms. The zero-order valence-electron chi connectivity index (χ0n) is 13.4. The Labute approximate surface area is 128 Å². The molecular weight excluding hydrogens is 260 g/mol. The van der Waals surface area contributed by atoms with Crippen LogP contribution in [0.3, 0.4) is 0 Å². The molecule has 3 nitrogen and oxygen atoms in total.